The molecular formula is C14H18N2O. The smallest absolute Gasteiger partial charge is 0.101 e. The van der Waals surface area contributed by atoms with Gasteiger partial charge in [0.15, 0.2) is 0 Å². The molecule has 17 heavy (non-hydrogen) atoms. The number of ether oxygens (including phenoxy) is 1. The Hall–Kier alpha value is -1.53. The summed E-state index contributed by atoms with van der Waals surface area (Å²) in [5, 5.41) is 12.4. The van der Waals surface area contributed by atoms with Crippen LogP contribution in [0.5, 0.6) is 0 Å². The van der Waals surface area contributed by atoms with Crippen LogP contribution in [0.2, 0.25) is 0 Å². The van der Waals surface area contributed by atoms with Gasteiger partial charge < -0.3 is 10.1 Å². The van der Waals surface area contributed by atoms with Crippen molar-refractivity contribution in [2.24, 2.45) is 5.92 Å². The Balaban J connectivity index is 1.92. The van der Waals surface area contributed by atoms with Crippen molar-refractivity contribution in [3.05, 3.63) is 29.3 Å². The third-order valence-corrected chi connectivity index (χ3v) is 3.27. The van der Waals surface area contributed by atoms with E-state index >= 15 is 0 Å². The summed E-state index contributed by atoms with van der Waals surface area (Å²) >= 11 is 0. The second-order valence-electron chi connectivity index (χ2n) is 4.55. The number of nitrogens with one attached hydrogen (secondary N) is 1. The Morgan fingerprint density at radius 1 is 1.53 bits per heavy atom. The zero-order valence-electron chi connectivity index (χ0n) is 10.2. The van der Waals surface area contributed by atoms with Gasteiger partial charge in [0.2, 0.25) is 0 Å². The summed E-state index contributed by atoms with van der Waals surface area (Å²) in [7, 11) is 0. The number of anilines is 1. The first-order valence-electron chi connectivity index (χ1n) is 6.12. The molecule has 1 aliphatic rings. The minimum Gasteiger partial charge on any atom is -0.384 e. The lowest BCUT2D eigenvalue weighted by atomic mass is 10.0. The molecule has 0 aromatic heterocycles. The van der Waals surface area contributed by atoms with Gasteiger partial charge in [0, 0.05) is 19.8 Å². The van der Waals surface area contributed by atoms with E-state index in [1.807, 2.05) is 25.1 Å². The average Bonchev–Trinajstić information content (AvgIpc) is 2.84. The van der Waals surface area contributed by atoms with E-state index in [0.29, 0.717) is 5.92 Å². The zero-order valence-corrected chi connectivity index (χ0v) is 10.2. The summed E-state index contributed by atoms with van der Waals surface area (Å²) < 4.78 is 5.35. The van der Waals surface area contributed by atoms with E-state index in [2.05, 4.69) is 11.4 Å². The SMILES string of the molecule is Cc1cccc(C#N)c1NCCC1CCOC1. The average molecular weight is 230 g/mol. The van der Waals surface area contributed by atoms with Gasteiger partial charge in [-0.05, 0) is 37.3 Å². The van der Waals surface area contributed by atoms with E-state index in [1.54, 1.807) is 0 Å². The molecule has 1 N–H and O–H groups in total. The van der Waals surface area contributed by atoms with Gasteiger partial charge in [-0.15, -0.1) is 0 Å². The molecule has 90 valence electrons. The van der Waals surface area contributed by atoms with Gasteiger partial charge in [0.25, 0.3) is 0 Å². The molecule has 1 saturated heterocycles. The molecular weight excluding hydrogens is 212 g/mol. The summed E-state index contributed by atoms with van der Waals surface area (Å²) in [5.74, 6) is 0.678. The highest BCUT2D eigenvalue weighted by Crippen LogP contribution is 2.21. The molecule has 1 heterocycles. The Morgan fingerprint density at radius 2 is 2.41 bits per heavy atom. The summed E-state index contributed by atoms with van der Waals surface area (Å²) in [6.45, 7) is 4.73. The van der Waals surface area contributed by atoms with Crippen molar-refractivity contribution in [3.8, 4) is 6.07 Å². The van der Waals surface area contributed by atoms with Gasteiger partial charge in [0.1, 0.15) is 6.07 Å². The molecule has 0 amide bonds. The van der Waals surface area contributed by atoms with Crippen LogP contribution in [0.1, 0.15) is 24.0 Å². The zero-order chi connectivity index (χ0) is 12.1. The van der Waals surface area contributed by atoms with Crippen molar-refractivity contribution in [2.45, 2.75) is 19.8 Å². The Kier molecular flexibility index (Phi) is 4.00. The van der Waals surface area contributed by atoms with E-state index in [-0.39, 0.29) is 0 Å². The quantitative estimate of drug-likeness (QED) is 0.865. The van der Waals surface area contributed by atoms with Gasteiger partial charge in [-0.1, -0.05) is 12.1 Å². The molecule has 0 bridgehead atoms. The van der Waals surface area contributed by atoms with Gasteiger partial charge in [-0.25, -0.2) is 0 Å². The first-order valence-corrected chi connectivity index (χ1v) is 6.12. The monoisotopic (exact) mass is 230 g/mol. The topological polar surface area (TPSA) is 45.0 Å². The second kappa shape index (κ2) is 5.70. The fourth-order valence-electron chi connectivity index (χ4n) is 2.21. The third kappa shape index (κ3) is 2.98. The second-order valence-corrected chi connectivity index (χ2v) is 4.55. The number of hydrogen-bond donors (Lipinski definition) is 1. The largest absolute Gasteiger partial charge is 0.384 e. The van der Waals surface area contributed by atoms with Crippen molar-refractivity contribution in [3.63, 3.8) is 0 Å². The van der Waals surface area contributed by atoms with Crippen LogP contribution in [-0.2, 0) is 4.74 Å². The number of aryl methyl sites for hydroxylation is 1. The summed E-state index contributed by atoms with van der Waals surface area (Å²) in [4.78, 5) is 0. The minimum atomic E-state index is 0.678. The standard InChI is InChI=1S/C14H18N2O/c1-11-3-2-4-13(9-15)14(11)16-7-5-12-6-8-17-10-12/h2-4,12,16H,5-8,10H2,1H3. The van der Waals surface area contributed by atoms with Crippen molar-refractivity contribution in [1.82, 2.24) is 0 Å². The van der Waals surface area contributed by atoms with Crippen molar-refractivity contribution < 1.29 is 4.74 Å². The highest BCUT2D eigenvalue weighted by Gasteiger charge is 2.15. The molecule has 0 radical (unpaired) electrons. The lowest BCUT2D eigenvalue weighted by Gasteiger charge is -2.13. The van der Waals surface area contributed by atoms with E-state index < -0.39 is 0 Å². The molecule has 0 saturated carbocycles. The molecule has 3 heteroatoms. The highest BCUT2D eigenvalue weighted by atomic mass is 16.5. The number of para-hydroxylation sites is 1. The maximum atomic E-state index is 9.04. The number of benzene rings is 1. The lowest BCUT2D eigenvalue weighted by Crippen LogP contribution is -2.10. The molecule has 0 spiro atoms. The fourth-order valence-corrected chi connectivity index (χ4v) is 2.21. The summed E-state index contributed by atoms with van der Waals surface area (Å²) in [5.41, 5.74) is 2.84. The third-order valence-electron chi connectivity index (χ3n) is 3.27. The van der Waals surface area contributed by atoms with Crippen LogP contribution >= 0.6 is 0 Å². The molecule has 0 aliphatic carbocycles. The van der Waals surface area contributed by atoms with Gasteiger partial charge in [0.05, 0.1) is 11.3 Å². The molecule has 1 aliphatic heterocycles. The van der Waals surface area contributed by atoms with Gasteiger partial charge in [-0.2, -0.15) is 5.26 Å². The Morgan fingerprint density at radius 3 is 3.12 bits per heavy atom. The predicted molar refractivity (Wildman–Crippen MR) is 67.9 cm³/mol. The Labute approximate surface area is 102 Å². The van der Waals surface area contributed by atoms with E-state index in [0.717, 1.165) is 43.0 Å². The van der Waals surface area contributed by atoms with Gasteiger partial charge >= 0.3 is 0 Å². The molecule has 2 rings (SSSR count). The number of nitrogens with zero attached hydrogens (tertiary/aromatic N) is 1. The molecule has 3 nitrogen and oxygen atoms in total. The lowest BCUT2D eigenvalue weighted by molar-refractivity contribution is 0.185. The predicted octanol–water partition coefficient (Wildman–Crippen LogP) is 2.71. The molecule has 1 aromatic carbocycles. The minimum absolute atomic E-state index is 0.678. The number of nitriles is 1. The molecule has 1 unspecified atom stereocenters. The Bertz CT molecular complexity index is 417. The number of hydrogen-bond acceptors (Lipinski definition) is 3. The van der Waals surface area contributed by atoms with Crippen LogP contribution < -0.4 is 5.32 Å². The van der Waals surface area contributed by atoms with Crippen LogP contribution in [0.25, 0.3) is 0 Å². The maximum absolute atomic E-state index is 9.04. The van der Waals surface area contributed by atoms with E-state index in [1.165, 1.54) is 6.42 Å². The fraction of sp³-hybridized carbons (Fsp3) is 0.500. The number of rotatable bonds is 4. The van der Waals surface area contributed by atoms with Crippen LogP contribution in [0, 0.1) is 24.2 Å². The first-order chi connectivity index (χ1) is 8.31. The normalized spacial score (nSPS) is 18.9. The highest BCUT2D eigenvalue weighted by molar-refractivity contribution is 5.62. The van der Waals surface area contributed by atoms with Gasteiger partial charge in [-0.3, -0.25) is 0 Å². The van der Waals surface area contributed by atoms with Crippen molar-refractivity contribution in [2.75, 3.05) is 25.1 Å². The first kappa shape index (κ1) is 11.9. The van der Waals surface area contributed by atoms with Crippen molar-refractivity contribution in [1.29, 1.82) is 5.26 Å². The summed E-state index contributed by atoms with van der Waals surface area (Å²) in [6, 6.07) is 8.03. The van der Waals surface area contributed by atoms with Crippen LogP contribution in [0.15, 0.2) is 18.2 Å². The van der Waals surface area contributed by atoms with Crippen LogP contribution in [-0.4, -0.2) is 19.8 Å². The van der Waals surface area contributed by atoms with E-state index in [9.17, 15) is 0 Å². The van der Waals surface area contributed by atoms with Crippen LogP contribution in [0.3, 0.4) is 0 Å². The molecule has 1 atom stereocenters. The summed E-state index contributed by atoms with van der Waals surface area (Å²) in [6.07, 6.45) is 2.28. The maximum Gasteiger partial charge on any atom is 0.101 e. The van der Waals surface area contributed by atoms with E-state index in [4.69, 9.17) is 10.00 Å². The molecule has 1 fully saturated rings. The van der Waals surface area contributed by atoms with Crippen LogP contribution in [0.4, 0.5) is 5.69 Å². The van der Waals surface area contributed by atoms with Crippen molar-refractivity contribution >= 4 is 5.69 Å². The molecule has 1 aromatic rings.